The van der Waals surface area contributed by atoms with Gasteiger partial charge >= 0.3 is 0 Å². The van der Waals surface area contributed by atoms with Crippen LogP contribution in [0.25, 0.3) is 0 Å². The maximum Gasteiger partial charge on any atom is 0.262 e. The molecule has 0 bridgehead atoms. The largest absolute Gasteiger partial charge is 0.384 e. The number of carbonyl (C=O) groups excluding carboxylic acids is 1. The summed E-state index contributed by atoms with van der Waals surface area (Å²) in [7, 11) is 0. The van der Waals surface area contributed by atoms with Gasteiger partial charge in [0.05, 0.1) is 0 Å². The van der Waals surface area contributed by atoms with E-state index in [2.05, 4.69) is 22.1 Å². The maximum absolute atomic E-state index is 12.4. The van der Waals surface area contributed by atoms with E-state index in [0.717, 1.165) is 19.4 Å². The fourth-order valence-electron chi connectivity index (χ4n) is 3.32. The molecule has 2 N–H and O–H groups in total. The number of nitrogens with zero attached hydrogens (tertiary/aromatic N) is 1. The third-order valence-corrected chi connectivity index (χ3v) is 5.24. The minimum atomic E-state index is -0.183. The Labute approximate surface area is 129 Å². The molecule has 0 spiro atoms. The monoisotopic (exact) mass is 304 g/mol. The van der Waals surface area contributed by atoms with Gasteiger partial charge in [0.25, 0.3) is 5.91 Å². The molecule has 2 fully saturated rings. The van der Waals surface area contributed by atoms with Gasteiger partial charge in [0.15, 0.2) is 0 Å². The summed E-state index contributed by atoms with van der Waals surface area (Å²) in [5.74, 6) is 5.42. The van der Waals surface area contributed by atoms with E-state index in [0.29, 0.717) is 16.5 Å². The first-order chi connectivity index (χ1) is 10.3. The average molecular weight is 304 g/mol. The average Bonchev–Trinajstić information content (AvgIpc) is 3.13. The van der Waals surface area contributed by atoms with Crippen LogP contribution in [0, 0.1) is 11.8 Å². The number of rotatable bonds is 2. The number of amides is 1. The van der Waals surface area contributed by atoms with E-state index in [1.54, 1.807) is 0 Å². The van der Waals surface area contributed by atoms with E-state index >= 15 is 0 Å². The third-order valence-electron chi connectivity index (χ3n) is 4.33. The first kappa shape index (κ1) is 14.6. The molecular formula is C16H20N2O2S. The van der Waals surface area contributed by atoms with Crippen molar-refractivity contribution >= 4 is 17.2 Å². The molecule has 0 aromatic carbocycles. The van der Waals surface area contributed by atoms with E-state index < -0.39 is 0 Å². The molecule has 1 aromatic rings. The quantitative estimate of drug-likeness (QED) is 0.813. The zero-order valence-corrected chi connectivity index (χ0v) is 12.8. The van der Waals surface area contributed by atoms with Gasteiger partial charge in [-0.3, -0.25) is 4.79 Å². The van der Waals surface area contributed by atoms with Crippen molar-refractivity contribution in [2.45, 2.75) is 37.8 Å². The van der Waals surface area contributed by atoms with E-state index in [1.165, 1.54) is 30.7 Å². The molecule has 112 valence electrons. The van der Waals surface area contributed by atoms with Crippen LogP contribution in [0.4, 0.5) is 0 Å². The van der Waals surface area contributed by atoms with Gasteiger partial charge in [-0.25, -0.2) is 0 Å². The highest BCUT2D eigenvalue weighted by atomic mass is 32.1. The van der Waals surface area contributed by atoms with Crippen LogP contribution in [0.1, 0.15) is 40.9 Å². The van der Waals surface area contributed by atoms with Crippen LogP contribution in [0.15, 0.2) is 11.4 Å². The Kier molecular flexibility index (Phi) is 4.59. The Hall–Kier alpha value is -1.35. The van der Waals surface area contributed by atoms with Crippen LogP contribution in [-0.2, 0) is 0 Å². The number of carbonyl (C=O) groups is 1. The molecule has 2 atom stereocenters. The second kappa shape index (κ2) is 6.61. The minimum absolute atomic E-state index is 0.0244. The highest BCUT2D eigenvalue weighted by Crippen LogP contribution is 2.27. The van der Waals surface area contributed by atoms with Crippen molar-refractivity contribution < 1.29 is 9.90 Å². The van der Waals surface area contributed by atoms with Crippen molar-refractivity contribution in [3.05, 3.63) is 21.9 Å². The second-order valence-electron chi connectivity index (χ2n) is 5.65. The Balaban J connectivity index is 1.63. The highest BCUT2D eigenvalue weighted by Gasteiger charge is 2.32. The zero-order valence-electron chi connectivity index (χ0n) is 12.0. The molecule has 3 rings (SSSR count). The van der Waals surface area contributed by atoms with Crippen molar-refractivity contribution in [1.29, 1.82) is 0 Å². The van der Waals surface area contributed by atoms with Gasteiger partial charge in [-0.1, -0.05) is 11.8 Å². The van der Waals surface area contributed by atoms with E-state index in [-0.39, 0.29) is 18.6 Å². The topological polar surface area (TPSA) is 52.6 Å². The van der Waals surface area contributed by atoms with Crippen molar-refractivity contribution in [3.8, 4) is 11.8 Å². The summed E-state index contributed by atoms with van der Waals surface area (Å²) in [6, 6.07) is 2.76. The predicted octanol–water partition coefficient (Wildman–Crippen LogP) is 1.45. The summed E-state index contributed by atoms with van der Waals surface area (Å²) < 4.78 is 0. The van der Waals surface area contributed by atoms with Crippen LogP contribution in [-0.4, -0.2) is 47.7 Å². The predicted molar refractivity (Wildman–Crippen MR) is 83.4 cm³/mol. The van der Waals surface area contributed by atoms with Gasteiger partial charge in [0.1, 0.15) is 11.5 Å². The summed E-state index contributed by atoms with van der Waals surface area (Å²) in [4.78, 5) is 15.6. The first-order valence-corrected chi connectivity index (χ1v) is 8.38. The molecular weight excluding hydrogens is 284 g/mol. The fraction of sp³-hybridized carbons (Fsp3) is 0.562. The molecule has 1 aromatic heterocycles. The Morgan fingerprint density at radius 2 is 2.38 bits per heavy atom. The second-order valence-corrected chi connectivity index (χ2v) is 6.57. The summed E-state index contributed by atoms with van der Waals surface area (Å²) >= 11 is 1.41. The van der Waals surface area contributed by atoms with Gasteiger partial charge < -0.3 is 15.3 Å². The highest BCUT2D eigenvalue weighted by molar-refractivity contribution is 7.12. The number of hydrogen-bond acceptors (Lipinski definition) is 4. The molecule has 3 heterocycles. The zero-order chi connectivity index (χ0) is 14.7. The summed E-state index contributed by atoms with van der Waals surface area (Å²) in [6.07, 6.45) is 4.65. The molecule has 5 heteroatoms. The molecule has 2 unspecified atom stereocenters. The maximum atomic E-state index is 12.4. The third kappa shape index (κ3) is 3.29. The van der Waals surface area contributed by atoms with Crippen LogP contribution < -0.4 is 5.32 Å². The fourth-order valence-corrected chi connectivity index (χ4v) is 4.08. The Bertz CT molecular complexity index is 572. The number of aliphatic hydroxyl groups excluding tert-OH is 1. The van der Waals surface area contributed by atoms with E-state index in [1.807, 2.05) is 11.4 Å². The number of hydrogen-bond donors (Lipinski definition) is 2. The standard InChI is InChI=1S/C16H20N2O2S/c19-9-2-3-12-6-10-21-15(12)16(20)17-13-5-8-18-7-1-4-14(18)11-13/h6,10,13-14,19H,1,4-5,7-9,11H2,(H,17,20). The molecule has 0 saturated carbocycles. The van der Waals surface area contributed by atoms with Gasteiger partial charge in [-0.15, -0.1) is 11.3 Å². The molecule has 0 aliphatic carbocycles. The summed E-state index contributed by atoms with van der Waals surface area (Å²) in [6.45, 7) is 2.13. The lowest BCUT2D eigenvalue weighted by Gasteiger charge is -2.35. The molecule has 1 amide bonds. The Morgan fingerprint density at radius 1 is 1.48 bits per heavy atom. The van der Waals surface area contributed by atoms with Crippen molar-refractivity contribution in [2.75, 3.05) is 19.7 Å². The summed E-state index contributed by atoms with van der Waals surface area (Å²) in [5.41, 5.74) is 0.713. The van der Waals surface area contributed by atoms with Gasteiger partial charge in [-0.2, -0.15) is 0 Å². The van der Waals surface area contributed by atoms with Crippen molar-refractivity contribution in [3.63, 3.8) is 0 Å². The normalized spacial score (nSPS) is 25.0. The molecule has 21 heavy (non-hydrogen) atoms. The van der Waals surface area contributed by atoms with E-state index in [4.69, 9.17) is 5.11 Å². The van der Waals surface area contributed by atoms with Gasteiger partial charge in [0, 0.05) is 24.2 Å². The molecule has 2 saturated heterocycles. The van der Waals surface area contributed by atoms with Crippen LogP contribution in [0.2, 0.25) is 0 Å². The van der Waals surface area contributed by atoms with Gasteiger partial charge in [0.2, 0.25) is 0 Å². The minimum Gasteiger partial charge on any atom is -0.384 e. The van der Waals surface area contributed by atoms with Crippen molar-refractivity contribution in [1.82, 2.24) is 10.2 Å². The van der Waals surface area contributed by atoms with Crippen LogP contribution in [0.5, 0.6) is 0 Å². The Morgan fingerprint density at radius 3 is 3.24 bits per heavy atom. The SMILES string of the molecule is O=C(NC1CCN2CCCC2C1)c1sccc1C#CCO. The summed E-state index contributed by atoms with van der Waals surface area (Å²) in [5, 5.41) is 13.8. The lowest BCUT2D eigenvalue weighted by molar-refractivity contribution is 0.0900. The van der Waals surface area contributed by atoms with Crippen LogP contribution in [0.3, 0.4) is 0 Å². The number of aliphatic hydroxyl groups is 1. The molecule has 4 nitrogen and oxygen atoms in total. The molecule has 0 radical (unpaired) electrons. The number of fused-ring (bicyclic) bond motifs is 1. The number of piperidine rings is 1. The van der Waals surface area contributed by atoms with E-state index in [9.17, 15) is 4.79 Å². The first-order valence-electron chi connectivity index (χ1n) is 7.50. The van der Waals surface area contributed by atoms with Crippen molar-refractivity contribution in [2.24, 2.45) is 0 Å². The molecule has 2 aliphatic heterocycles. The molecule has 2 aliphatic rings. The van der Waals surface area contributed by atoms with Crippen LogP contribution >= 0.6 is 11.3 Å². The smallest absolute Gasteiger partial charge is 0.262 e. The number of thiophene rings is 1. The lowest BCUT2D eigenvalue weighted by Crippen LogP contribution is -2.47. The number of nitrogens with one attached hydrogen (secondary N) is 1. The lowest BCUT2D eigenvalue weighted by atomic mass is 9.97. The van der Waals surface area contributed by atoms with Gasteiger partial charge in [-0.05, 0) is 43.7 Å².